The largest absolute Gasteiger partial charge is 0.453 e. The van der Waals surface area contributed by atoms with E-state index in [1.807, 2.05) is 13.1 Å². The fourth-order valence-electron chi connectivity index (χ4n) is 7.89. The number of methoxy groups -OCH3 is 2. The summed E-state index contributed by atoms with van der Waals surface area (Å²) >= 11 is 0. The summed E-state index contributed by atoms with van der Waals surface area (Å²) in [7, 11) is 4.77. The second kappa shape index (κ2) is 29.9. The number of terminal acetylenes is 2. The van der Waals surface area contributed by atoms with Crippen LogP contribution in [0, 0.1) is 31.6 Å². The molecule has 65 heavy (non-hydrogen) atoms. The number of amides is 3. The minimum atomic E-state index is -0.633. The number of likely N-dealkylation sites (tertiary alicyclic amines) is 1. The molecule has 4 N–H and O–H groups in total. The number of aromatic nitrogens is 4. The van der Waals surface area contributed by atoms with Gasteiger partial charge in [0.2, 0.25) is 5.91 Å². The number of fused-ring (bicyclic) bond motifs is 5. The Morgan fingerprint density at radius 2 is 1.40 bits per heavy atom. The SMILES string of the molecule is C#C.C#C.CCC.CCC.CCCN(Cc1ncc(-c2ccc3c(c2)COCc2cc(-c4cnc([C@@H]5[C@H]6CCC[C@H](C6)N5C)[nH]4)ccc2-3)[nH]1)C(=O)CNC(=O)OC.COC(=O)NCC=O. The number of hydrogen-bond acceptors (Lipinski definition) is 10. The number of aromatic amines is 2. The molecule has 2 bridgehead atoms. The lowest BCUT2D eigenvalue weighted by atomic mass is 9.87. The van der Waals surface area contributed by atoms with Gasteiger partial charge < -0.3 is 44.5 Å². The Labute approximate surface area is 386 Å². The average molecular weight is 895 g/mol. The topological polar surface area (TPSA) is 184 Å². The van der Waals surface area contributed by atoms with Crippen LogP contribution in [0.3, 0.4) is 0 Å². The van der Waals surface area contributed by atoms with E-state index in [9.17, 15) is 19.2 Å². The van der Waals surface area contributed by atoms with Crippen LogP contribution in [0.4, 0.5) is 9.59 Å². The highest BCUT2D eigenvalue weighted by Gasteiger charge is 2.43. The molecule has 4 aromatic rings. The zero-order valence-corrected chi connectivity index (χ0v) is 39.6. The summed E-state index contributed by atoms with van der Waals surface area (Å²) in [5.41, 5.74) is 8.64. The first kappa shape index (κ1) is 54.7. The van der Waals surface area contributed by atoms with Crippen molar-refractivity contribution in [2.24, 2.45) is 5.92 Å². The first-order valence-corrected chi connectivity index (χ1v) is 22.2. The number of ether oxygens (including phenoxy) is 3. The van der Waals surface area contributed by atoms with Crippen molar-refractivity contribution in [3.05, 3.63) is 71.6 Å². The van der Waals surface area contributed by atoms with Gasteiger partial charge in [-0.05, 0) is 84.2 Å². The van der Waals surface area contributed by atoms with Gasteiger partial charge in [0.25, 0.3) is 0 Å². The fraction of sp³-hybridized carbons (Fsp3) is 0.480. The molecule has 3 aliphatic rings. The van der Waals surface area contributed by atoms with Crippen molar-refractivity contribution in [3.63, 3.8) is 0 Å². The number of benzene rings is 2. The predicted octanol–water partition coefficient (Wildman–Crippen LogP) is 8.68. The second-order valence-electron chi connectivity index (χ2n) is 15.5. The number of hydrogen-bond donors (Lipinski definition) is 4. The molecule has 15 heteroatoms. The van der Waals surface area contributed by atoms with E-state index in [1.54, 1.807) is 11.1 Å². The predicted molar refractivity (Wildman–Crippen MR) is 256 cm³/mol. The lowest BCUT2D eigenvalue weighted by Gasteiger charge is -2.23. The van der Waals surface area contributed by atoms with E-state index in [0.29, 0.717) is 56.4 Å². The fourth-order valence-corrected chi connectivity index (χ4v) is 7.89. The maximum atomic E-state index is 12.7. The summed E-state index contributed by atoms with van der Waals surface area (Å²) in [5.74, 6) is 2.25. The zero-order chi connectivity index (χ0) is 48.3. The van der Waals surface area contributed by atoms with Crippen LogP contribution >= 0.6 is 0 Å². The summed E-state index contributed by atoms with van der Waals surface area (Å²) in [5, 5.41) is 4.61. The summed E-state index contributed by atoms with van der Waals surface area (Å²) in [6.07, 6.45) is 27.6. The quantitative estimate of drug-likeness (QED) is 0.0840. The van der Waals surface area contributed by atoms with Crippen LogP contribution in [0.25, 0.3) is 33.6 Å². The van der Waals surface area contributed by atoms with Gasteiger partial charge in [-0.3, -0.25) is 9.69 Å². The molecule has 1 saturated carbocycles. The standard InChI is InChI=1S/C36H43N7O4.C4H7NO3.2C3H8.2C2H2/c1-4-12-43(33(44)18-39-36(45)46-3)19-32-37-16-30(40-32)22-8-10-28-25(13-22)20-47-21-26-14-23(9-11-29(26)28)31-17-38-35(41-31)34-24-6-5-7-27(15-24)42(34)2;1-8-4(7)5-2-3-6;2*1-3-2;2*1-2/h8-11,13-14,16-17,24,27,34H,4-7,12,15,18-21H2,1-3H3,(H,37,40)(H,38,41)(H,39,45);3H,2H2,1H3,(H,5,7);2*3H2,1-2H3;2*1-2H/t24-,27+,34-;;;;;/m0...../s1. The minimum Gasteiger partial charge on any atom is -0.453 e. The number of alkyl carbamates (subject to hydrolysis) is 2. The van der Waals surface area contributed by atoms with E-state index in [1.165, 1.54) is 58.3 Å². The first-order chi connectivity index (χ1) is 31.5. The van der Waals surface area contributed by atoms with Gasteiger partial charge in [-0.1, -0.05) is 78.1 Å². The molecule has 7 rings (SSSR count). The van der Waals surface area contributed by atoms with Crippen LogP contribution < -0.4 is 10.6 Å². The molecular weight excluding hydrogens is 825 g/mol. The number of H-pyrrole nitrogens is 2. The summed E-state index contributed by atoms with van der Waals surface area (Å²) in [6, 6.07) is 14.1. The highest BCUT2D eigenvalue weighted by Crippen LogP contribution is 2.46. The Balaban J connectivity index is 0.000000696. The maximum absolute atomic E-state index is 12.7. The van der Waals surface area contributed by atoms with Gasteiger partial charge in [-0.2, -0.15) is 0 Å². The number of aldehydes is 1. The zero-order valence-electron chi connectivity index (χ0n) is 39.6. The normalized spacial score (nSPS) is 16.2. The van der Waals surface area contributed by atoms with Gasteiger partial charge in [0.05, 0.1) is 70.3 Å². The monoisotopic (exact) mass is 895 g/mol. The van der Waals surface area contributed by atoms with Crippen molar-refractivity contribution in [3.8, 4) is 59.3 Å². The molecule has 2 aromatic heterocycles. The molecule has 2 aromatic carbocycles. The van der Waals surface area contributed by atoms with E-state index in [2.05, 4.69) is 137 Å². The maximum Gasteiger partial charge on any atom is 0.407 e. The Morgan fingerprint density at radius 3 is 1.94 bits per heavy atom. The van der Waals surface area contributed by atoms with Crippen LogP contribution in [0.5, 0.6) is 0 Å². The van der Waals surface area contributed by atoms with E-state index >= 15 is 0 Å². The Bertz CT molecular complexity index is 2100. The minimum absolute atomic E-state index is 0.00662. The third-order valence-corrected chi connectivity index (χ3v) is 10.6. The average Bonchev–Trinajstić information content (AvgIpc) is 4.03. The number of carbonyl (C=O) groups excluding carboxylic acids is 4. The van der Waals surface area contributed by atoms with E-state index < -0.39 is 12.2 Å². The van der Waals surface area contributed by atoms with Crippen molar-refractivity contribution >= 4 is 24.4 Å². The van der Waals surface area contributed by atoms with Crippen LogP contribution in [0.2, 0.25) is 0 Å². The van der Waals surface area contributed by atoms with Gasteiger partial charge in [0.15, 0.2) is 0 Å². The molecule has 3 atom stereocenters. The smallest absolute Gasteiger partial charge is 0.407 e. The molecule has 3 amide bonds. The molecule has 4 heterocycles. The number of nitrogens with one attached hydrogen (secondary N) is 4. The lowest BCUT2D eigenvalue weighted by Crippen LogP contribution is -2.40. The van der Waals surface area contributed by atoms with Crippen LogP contribution in [0.15, 0.2) is 48.8 Å². The van der Waals surface area contributed by atoms with Gasteiger partial charge >= 0.3 is 12.2 Å². The van der Waals surface area contributed by atoms with E-state index in [0.717, 1.165) is 51.5 Å². The van der Waals surface area contributed by atoms with Crippen LogP contribution in [-0.2, 0) is 43.6 Å². The molecular formula is C50H70N8O7. The molecule has 2 aliphatic heterocycles. The number of imidazole rings is 2. The van der Waals surface area contributed by atoms with Crippen LogP contribution in [0.1, 0.15) is 108 Å². The molecule has 352 valence electrons. The highest BCUT2D eigenvalue weighted by atomic mass is 16.5. The van der Waals surface area contributed by atoms with Gasteiger partial charge in [0, 0.05) is 12.6 Å². The van der Waals surface area contributed by atoms with Gasteiger partial charge in [0.1, 0.15) is 24.5 Å². The highest BCUT2D eigenvalue weighted by molar-refractivity contribution is 5.82. The first-order valence-electron chi connectivity index (χ1n) is 22.2. The van der Waals surface area contributed by atoms with Crippen molar-refractivity contribution in [1.82, 2.24) is 40.4 Å². The molecule has 0 radical (unpaired) electrons. The third kappa shape index (κ3) is 16.0. The van der Waals surface area contributed by atoms with Crippen molar-refractivity contribution < 1.29 is 33.4 Å². The molecule has 1 aliphatic carbocycles. The molecule has 1 saturated heterocycles. The number of carbonyl (C=O) groups is 4. The Hall–Kier alpha value is -6.42. The lowest BCUT2D eigenvalue weighted by molar-refractivity contribution is -0.130. The molecule has 2 fully saturated rings. The van der Waals surface area contributed by atoms with E-state index in [4.69, 9.17) is 9.72 Å². The number of rotatable bonds is 11. The van der Waals surface area contributed by atoms with E-state index in [-0.39, 0.29) is 19.0 Å². The van der Waals surface area contributed by atoms with Crippen molar-refractivity contribution in [1.29, 1.82) is 0 Å². The third-order valence-electron chi connectivity index (χ3n) is 10.6. The molecule has 15 nitrogen and oxygen atoms in total. The molecule has 0 spiro atoms. The van der Waals surface area contributed by atoms with Gasteiger partial charge in [-0.15, -0.1) is 25.7 Å². The second-order valence-corrected chi connectivity index (χ2v) is 15.5. The van der Waals surface area contributed by atoms with Crippen LogP contribution in [-0.4, -0.2) is 101 Å². The summed E-state index contributed by atoms with van der Waals surface area (Å²) < 4.78 is 14.9. The van der Waals surface area contributed by atoms with Crippen molar-refractivity contribution in [2.45, 2.75) is 111 Å². The van der Waals surface area contributed by atoms with Gasteiger partial charge in [-0.25, -0.2) is 19.6 Å². The molecule has 0 unspecified atom stereocenters. The number of nitrogens with zero attached hydrogens (tertiary/aromatic N) is 4. The Morgan fingerprint density at radius 1 is 0.846 bits per heavy atom. The summed E-state index contributed by atoms with van der Waals surface area (Å²) in [6.45, 7) is 12.3. The summed E-state index contributed by atoms with van der Waals surface area (Å²) in [4.78, 5) is 64.5. The van der Waals surface area contributed by atoms with Crippen molar-refractivity contribution in [2.75, 3.05) is 40.9 Å². The Kier molecular flexibility index (Phi) is 25.1.